The number of rotatable bonds is 4. The Morgan fingerprint density at radius 1 is 1.08 bits per heavy atom. The van der Waals surface area contributed by atoms with Gasteiger partial charge in [-0.05, 0) is 49.9 Å². The lowest BCUT2D eigenvalue weighted by Crippen LogP contribution is -2.77. The molecule has 140 valence electrons. The molecule has 1 unspecified atom stereocenters. The minimum atomic E-state index is -0.570. The van der Waals surface area contributed by atoms with Gasteiger partial charge in [-0.2, -0.15) is 0 Å². The van der Waals surface area contributed by atoms with Gasteiger partial charge in [-0.3, -0.25) is 9.59 Å². The summed E-state index contributed by atoms with van der Waals surface area (Å²) in [4.78, 5) is 29.0. The van der Waals surface area contributed by atoms with Gasteiger partial charge >= 0.3 is 0 Å². The van der Waals surface area contributed by atoms with Gasteiger partial charge in [0, 0.05) is 13.1 Å². The van der Waals surface area contributed by atoms with Crippen LogP contribution in [0.3, 0.4) is 0 Å². The molecule has 2 aliphatic heterocycles. The van der Waals surface area contributed by atoms with E-state index in [2.05, 4.69) is 0 Å². The summed E-state index contributed by atoms with van der Waals surface area (Å²) in [5.74, 6) is 0.0903. The zero-order valence-corrected chi connectivity index (χ0v) is 15.0. The minimum absolute atomic E-state index is 0.0426. The molecule has 1 spiro atoms. The topological polar surface area (TPSA) is 49.9 Å². The largest absolute Gasteiger partial charge is 0.478 e. The zero-order chi connectivity index (χ0) is 18.1. The predicted molar refractivity (Wildman–Crippen MR) is 94.2 cm³/mol. The van der Waals surface area contributed by atoms with Crippen LogP contribution in [0.2, 0.25) is 0 Å². The molecule has 1 aromatic carbocycles. The second-order valence-electron chi connectivity index (χ2n) is 7.63. The number of nitrogens with zero attached hydrogens (tertiary/aromatic N) is 2. The molecule has 5 nitrogen and oxygen atoms in total. The Balaban J connectivity index is 1.50. The van der Waals surface area contributed by atoms with Gasteiger partial charge in [-0.15, -0.1) is 0 Å². The van der Waals surface area contributed by atoms with Crippen LogP contribution in [0.1, 0.15) is 44.9 Å². The average molecular weight is 360 g/mol. The van der Waals surface area contributed by atoms with Crippen LogP contribution in [0, 0.1) is 5.82 Å². The second-order valence-corrected chi connectivity index (χ2v) is 7.63. The summed E-state index contributed by atoms with van der Waals surface area (Å²) in [6.45, 7) is 1.74. The van der Waals surface area contributed by atoms with E-state index in [1.54, 1.807) is 17.0 Å². The third-order valence-electron chi connectivity index (χ3n) is 6.06. The Morgan fingerprint density at radius 2 is 1.73 bits per heavy atom. The minimum Gasteiger partial charge on any atom is -0.478 e. The van der Waals surface area contributed by atoms with E-state index >= 15 is 0 Å². The van der Waals surface area contributed by atoms with Crippen molar-refractivity contribution < 1.29 is 18.7 Å². The first kappa shape index (κ1) is 17.3. The first-order valence-corrected chi connectivity index (χ1v) is 9.62. The number of β-lactam (4-membered cyclic amide) rings is 1. The summed E-state index contributed by atoms with van der Waals surface area (Å²) < 4.78 is 19.1. The van der Waals surface area contributed by atoms with Crippen molar-refractivity contribution >= 4 is 11.8 Å². The van der Waals surface area contributed by atoms with E-state index in [0.717, 1.165) is 58.0 Å². The Morgan fingerprint density at radius 3 is 2.38 bits per heavy atom. The maximum Gasteiger partial charge on any atom is 0.267 e. The lowest BCUT2D eigenvalue weighted by Gasteiger charge is -2.58. The van der Waals surface area contributed by atoms with Crippen molar-refractivity contribution in [3.8, 4) is 5.75 Å². The van der Waals surface area contributed by atoms with Crippen LogP contribution in [0.15, 0.2) is 24.3 Å². The Hall–Kier alpha value is -2.11. The van der Waals surface area contributed by atoms with Gasteiger partial charge in [-0.25, -0.2) is 4.39 Å². The molecule has 0 aromatic heterocycles. The summed E-state index contributed by atoms with van der Waals surface area (Å²) in [6.07, 6.45) is 6.45. The smallest absolute Gasteiger partial charge is 0.267 e. The number of carbonyl (C=O) groups is 2. The van der Waals surface area contributed by atoms with Crippen molar-refractivity contribution in [1.82, 2.24) is 9.80 Å². The number of hydrogen-bond donors (Lipinski definition) is 0. The highest BCUT2D eigenvalue weighted by atomic mass is 19.1. The fraction of sp³-hybridized carbons (Fsp3) is 0.600. The molecule has 2 heterocycles. The van der Waals surface area contributed by atoms with Crippen LogP contribution in [0.4, 0.5) is 4.39 Å². The number of halogens is 1. The van der Waals surface area contributed by atoms with Gasteiger partial charge in [0.15, 0.2) is 6.10 Å². The molecular formula is C20H25FN2O3. The van der Waals surface area contributed by atoms with Crippen LogP contribution >= 0.6 is 0 Å². The van der Waals surface area contributed by atoms with Gasteiger partial charge in [0.05, 0.1) is 5.54 Å². The number of amides is 2. The predicted octanol–water partition coefficient (Wildman–Crippen LogP) is 2.74. The number of benzene rings is 1. The summed E-state index contributed by atoms with van der Waals surface area (Å²) in [5.41, 5.74) is -0.390. The molecule has 2 saturated heterocycles. The van der Waals surface area contributed by atoms with Crippen LogP contribution in [0.25, 0.3) is 0 Å². The van der Waals surface area contributed by atoms with Crippen molar-refractivity contribution in [3.05, 3.63) is 30.1 Å². The molecule has 1 aliphatic carbocycles. The number of carbonyl (C=O) groups excluding carboxylic acids is 2. The first-order chi connectivity index (χ1) is 12.6. The van der Waals surface area contributed by atoms with Crippen LogP contribution < -0.4 is 4.74 Å². The monoisotopic (exact) mass is 360 g/mol. The molecule has 2 amide bonds. The highest BCUT2D eigenvalue weighted by Gasteiger charge is 2.62. The van der Waals surface area contributed by atoms with E-state index < -0.39 is 6.10 Å². The fourth-order valence-electron chi connectivity index (χ4n) is 4.61. The Bertz CT molecular complexity index is 679. The van der Waals surface area contributed by atoms with Gasteiger partial charge in [0.2, 0.25) is 5.91 Å². The van der Waals surface area contributed by atoms with Crippen molar-refractivity contribution in [2.45, 2.75) is 56.6 Å². The Labute approximate surface area is 153 Å². The molecule has 1 aromatic rings. The van der Waals surface area contributed by atoms with Crippen LogP contribution in [-0.2, 0) is 9.59 Å². The van der Waals surface area contributed by atoms with E-state index in [1.165, 1.54) is 12.1 Å². The highest BCUT2D eigenvalue weighted by molar-refractivity contribution is 5.94. The van der Waals surface area contributed by atoms with E-state index in [1.807, 2.05) is 4.90 Å². The molecule has 6 heteroatoms. The molecule has 3 aliphatic rings. The summed E-state index contributed by atoms with van der Waals surface area (Å²) in [7, 11) is 0. The molecule has 3 fully saturated rings. The molecule has 26 heavy (non-hydrogen) atoms. The molecule has 0 bridgehead atoms. The maximum atomic E-state index is 13.1. The van der Waals surface area contributed by atoms with Crippen molar-refractivity contribution in [1.29, 1.82) is 0 Å². The van der Waals surface area contributed by atoms with Gasteiger partial charge in [0.1, 0.15) is 18.1 Å². The summed E-state index contributed by atoms with van der Waals surface area (Å²) in [5, 5.41) is 0. The fourth-order valence-corrected chi connectivity index (χ4v) is 4.61. The summed E-state index contributed by atoms with van der Waals surface area (Å²) in [6, 6.07) is 5.77. The van der Waals surface area contributed by atoms with Crippen molar-refractivity contribution in [3.63, 3.8) is 0 Å². The number of likely N-dealkylation sites (tertiary alicyclic amines) is 2. The SMILES string of the molecule is O=C(CN1C(=O)C(Oc2ccc(F)cc2)C12CCCCC2)N1CCCC1. The highest BCUT2D eigenvalue weighted by Crippen LogP contribution is 2.45. The molecule has 0 N–H and O–H groups in total. The van der Waals surface area contributed by atoms with Crippen LogP contribution in [0.5, 0.6) is 5.75 Å². The lowest BCUT2D eigenvalue weighted by molar-refractivity contribution is -0.188. The number of ether oxygens (including phenoxy) is 1. The quantitative estimate of drug-likeness (QED) is 0.776. The first-order valence-electron chi connectivity index (χ1n) is 9.62. The van der Waals surface area contributed by atoms with Gasteiger partial charge in [0.25, 0.3) is 5.91 Å². The zero-order valence-electron chi connectivity index (χ0n) is 15.0. The summed E-state index contributed by atoms with van der Waals surface area (Å²) >= 11 is 0. The molecule has 0 radical (unpaired) electrons. The van der Waals surface area contributed by atoms with E-state index in [-0.39, 0.29) is 29.7 Å². The van der Waals surface area contributed by atoms with Crippen molar-refractivity contribution in [2.75, 3.05) is 19.6 Å². The van der Waals surface area contributed by atoms with Crippen LogP contribution in [-0.4, -0.2) is 52.9 Å². The third-order valence-corrected chi connectivity index (χ3v) is 6.06. The second kappa shape index (κ2) is 6.89. The van der Waals surface area contributed by atoms with E-state index in [4.69, 9.17) is 4.74 Å². The van der Waals surface area contributed by atoms with Crippen molar-refractivity contribution in [2.24, 2.45) is 0 Å². The molecule has 4 rings (SSSR count). The molecular weight excluding hydrogens is 335 g/mol. The Kier molecular flexibility index (Phi) is 4.59. The standard InChI is InChI=1S/C20H25FN2O3/c21-15-6-8-16(9-7-15)26-18-19(25)23(20(18)10-2-1-3-11-20)14-17(24)22-12-4-5-13-22/h6-9,18H,1-5,10-14H2. The lowest BCUT2D eigenvalue weighted by atomic mass is 9.70. The normalized spacial score (nSPS) is 24.7. The van der Waals surface area contributed by atoms with E-state index in [9.17, 15) is 14.0 Å². The van der Waals surface area contributed by atoms with E-state index in [0.29, 0.717) is 5.75 Å². The van der Waals surface area contributed by atoms with Gasteiger partial charge in [-0.1, -0.05) is 19.3 Å². The van der Waals surface area contributed by atoms with Gasteiger partial charge < -0.3 is 14.5 Å². The maximum absolute atomic E-state index is 13.1. The average Bonchev–Trinajstić information content (AvgIpc) is 3.21. The number of hydrogen-bond acceptors (Lipinski definition) is 3. The molecule has 1 atom stereocenters. The third kappa shape index (κ3) is 2.95. The molecule has 1 saturated carbocycles.